The van der Waals surface area contributed by atoms with E-state index in [9.17, 15) is 19.2 Å². The van der Waals surface area contributed by atoms with E-state index < -0.39 is 5.97 Å². The highest BCUT2D eigenvalue weighted by molar-refractivity contribution is 6.23. The molecule has 7 rings (SSSR count). The van der Waals surface area contributed by atoms with E-state index >= 15 is 0 Å². The molecular formula is C29H28N2O5. The van der Waals surface area contributed by atoms with Crippen molar-refractivity contribution in [1.29, 1.82) is 0 Å². The van der Waals surface area contributed by atoms with E-state index in [4.69, 9.17) is 4.74 Å². The number of hydrogen-bond donors (Lipinski definition) is 1. The van der Waals surface area contributed by atoms with E-state index in [2.05, 4.69) is 17.5 Å². The van der Waals surface area contributed by atoms with Crippen LogP contribution < -0.4 is 10.2 Å². The number of hydrogen-bond acceptors (Lipinski definition) is 5. The molecule has 0 aromatic heterocycles. The zero-order chi connectivity index (χ0) is 25.1. The minimum atomic E-state index is -0.407. The second-order valence-corrected chi connectivity index (χ2v) is 10.7. The number of esters is 1. The summed E-state index contributed by atoms with van der Waals surface area (Å²) in [6, 6.07) is 13.1. The fraction of sp³-hybridized carbons (Fsp3) is 0.379. The summed E-state index contributed by atoms with van der Waals surface area (Å²) in [6.45, 7) is 4.27. The van der Waals surface area contributed by atoms with Gasteiger partial charge in [-0.3, -0.25) is 14.4 Å². The Balaban J connectivity index is 1.16. The van der Waals surface area contributed by atoms with Gasteiger partial charge < -0.3 is 10.1 Å². The lowest BCUT2D eigenvalue weighted by Gasteiger charge is -2.37. The van der Waals surface area contributed by atoms with Crippen LogP contribution in [0.3, 0.4) is 0 Å². The van der Waals surface area contributed by atoms with Gasteiger partial charge in [-0.25, -0.2) is 9.69 Å². The molecule has 36 heavy (non-hydrogen) atoms. The first-order valence-corrected chi connectivity index (χ1v) is 12.6. The summed E-state index contributed by atoms with van der Waals surface area (Å²) in [7, 11) is 0. The third-order valence-corrected chi connectivity index (χ3v) is 7.96. The number of benzene rings is 2. The predicted octanol–water partition coefficient (Wildman–Crippen LogP) is 4.31. The van der Waals surface area contributed by atoms with Crippen LogP contribution in [0.25, 0.3) is 0 Å². The Kier molecular flexibility index (Phi) is 5.32. The average molecular weight is 485 g/mol. The maximum absolute atomic E-state index is 13.4. The van der Waals surface area contributed by atoms with Crippen LogP contribution in [0.5, 0.6) is 0 Å². The largest absolute Gasteiger partial charge is 0.462 e. The number of carbonyl (C=O) groups excluding carboxylic acids is 4. The normalized spacial score (nSPS) is 29.2. The summed E-state index contributed by atoms with van der Waals surface area (Å²) in [5, 5.41) is 2.81. The number of nitrogens with one attached hydrogen (secondary N) is 1. The van der Waals surface area contributed by atoms with E-state index in [1.165, 1.54) is 4.90 Å². The van der Waals surface area contributed by atoms with Crippen LogP contribution in [-0.4, -0.2) is 30.3 Å². The molecule has 2 saturated carbocycles. The number of allylic oxidation sites excluding steroid dienone is 2. The number of rotatable bonds is 6. The number of carbonyl (C=O) groups is 4. The Bertz CT molecular complexity index is 1260. The lowest BCUT2D eigenvalue weighted by molar-refractivity contribution is -0.124. The molecule has 5 aliphatic rings. The third-order valence-electron chi connectivity index (χ3n) is 7.96. The summed E-state index contributed by atoms with van der Waals surface area (Å²) in [5.74, 6) is 0.0144. The highest BCUT2D eigenvalue weighted by atomic mass is 16.5. The predicted molar refractivity (Wildman–Crippen MR) is 133 cm³/mol. The Morgan fingerprint density at radius 1 is 0.944 bits per heavy atom. The molecule has 4 aliphatic carbocycles. The summed E-state index contributed by atoms with van der Waals surface area (Å²) in [4.78, 5) is 53.1. The van der Waals surface area contributed by atoms with Gasteiger partial charge in [0.05, 0.1) is 29.7 Å². The SMILES string of the molecule is CC(C)COC(=O)c1ccc(NC(=O)c2cccc(N3C(=O)[C@@H]4[C@@H]5C=C[C@H]([C@H]6C[C@H]56)[C@@H]4C3=O)c2)cc1. The second kappa shape index (κ2) is 8.43. The highest BCUT2D eigenvalue weighted by Crippen LogP contribution is 2.65. The minimum Gasteiger partial charge on any atom is -0.462 e. The van der Waals surface area contributed by atoms with Crippen molar-refractivity contribution in [3.8, 4) is 0 Å². The molecule has 0 unspecified atom stereocenters. The van der Waals surface area contributed by atoms with Crippen LogP contribution in [0.1, 0.15) is 41.0 Å². The van der Waals surface area contributed by atoms with E-state index in [-0.39, 0.29) is 47.3 Å². The fourth-order valence-corrected chi connectivity index (χ4v) is 6.22. The van der Waals surface area contributed by atoms with Crippen molar-refractivity contribution in [2.75, 3.05) is 16.8 Å². The molecule has 6 atom stereocenters. The van der Waals surface area contributed by atoms with Gasteiger partial charge in [0.1, 0.15) is 0 Å². The van der Waals surface area contributed by atoms with Crippen molar-refractivity contribution in [2.45, 2.75) is 20.3 Å². The molecule has 1 heterocycles. The quantitative estimate of drug-likeness (QED) is 0.375. The zero-order valence-electron chi connectivity index (χ0n) is 20.2. The molecule has 7 nitrogen and oxygen atoms in total. The molecule has 7 heteroatoms. The zero-order valence-corrected chi connectivity index (χ0v) is 20.2. The van der Waals surface area contributed by atoms with Crippen molar-refractivity contribution in [1.82, 2.24) is 0 Å². The van der Waals surface area contributed by atoms with Gasteiger partial charge in [0, 0.05) is 11.3 Å². The van der Waals surface area contributed by atoms with E-state index in [0.717, 1.165) is 6.42 Å². The summed E-state index contributed by atoms with van der Waals surface area (Å²) in [5.41, 5.74) is 1.70. The summed E-state index contributed by atoms with van der Waals surface area (Å²) in [6.07, 6.45) is 5.41. The molecule has 1 aliphatic heterocycles. The summed E-state index contributed by atoms with van der Waals surface area (Å²) >= 11 is 0. The highest BCUT2D eigenvalue weighted by Gasteiger charge is 2.67. The average Bonchev–Trinajstić information content (AvgIpc) is 3.66. The molecule has 0 spiro atoms. The Hall–Kier alpha value is -3.74. The lowest BCUT2D eigenvalue weighted by Crippen LogP contribution is -2.40. The topological polar surface area (TPSA) is 92.8 Å². The molecule has 2 aromatic rings. The minimum absolute atomic E-state index is 0.146. The fourth-order valence-electron chi connectivity index (χ4n) is 6.22. The van der Waals surface area contributed by atoms with Gasteiger partial charge in [-0.2, -0.15) is 0 Å². The number of imide groups is 1. The first-order chi connectivity index (χ1) is 17.3. The molecule has 2 aromatic carbocycles. The van der Waals surface area contributed by atoms with Crippen LogP contribution in [0, 0.1) is 41.4 Å². The molecule has 2 bridgehead atoms. The number of amides is 3. The van der Waals surface area contributed by atoms with Crippen LogP contribution in [0.15, 0.2) is 60.7 Å². The first kappa shape index (κ1) is 22.7. The van der Waals surface area contributed by atoms with Crippen LogP contribution in [0.2, 0.25) is 0 Å². The van der Waals surface area contributed by atoms with Gasteiger partial charge >= 0.3 is 5.97 Å². The van der Waals surface area contributed by atoms with E-state index in [1.807, 2.05) is 13.8 Å². The van der Waals surface area contributed by atoms with Crippen molar-refractivity contribution >= 4 is 35.1 Å². The van der Waals surface area contributed by atoms with Gasteiger partial charge in [0.25, 0.3) is 5.91 Å². The molecule has 3 fully saturated rings. The monoisotopic (exact) mass is 484 g/mol. The smallest absolute Gasteiger partial charge is 0.338 e. The molecule has 1 N–H and O–H groups in total. The molecule has 1 saturated heterocycles. The standard InChI is InChI=1S/C29H28N2O5/c1-15(2)14-36-29(35)16-6-8-18(9-7-16)30-26(32)17-4-3-5-19(12-17)31-27(33)24-20-10-11-21(23-13-22(20)23)25(24)28(31)34/h3-12,15,20-25H,13-14H2,1-2H3,(H,30,32)/t20-,21-,22-,23-,24-,25+/m1/s1. The van der Waals surface area contributed by atoms with Crippen LogP contribution >= 0.6 is 0 Å². The van der Waals surface area contributed by atoms with Crippen molar-refractivity contribution in [2.24, 2.45) is 41.4 Å². The van der Waals surface area contributed by atoms with Crippen LogP contribution in [0.4, 0.5) is 11.4 Å². The van der Waals surface area contributed by atoms with Gasteiger partial charge in [-0.05, 0) is 78.5 Å². The van der Waals surface area contributed by atoms with Gasteiger partial charge in [-0.1, -0.05) is 32.1 Å². The van der Waals surface area contributed by atoms with Gasteiger partial charge in [0.15, 0.2) is 0 Å². The first-order valence-electron chi connectivity index (χ1n) is 12.6. The maximum Gasteiger partial charge on any atom is 0.338 e. The maximum atomic E-state index is 13.4. The Morgan fingerprint density at radius 3 is 2.19 bits per heavy atom. The third kappa shape index (κ3) is 3.65. The van der Waals surface area contributed by atoms with E-state index in [0.29, 0.717) is 40.9 Å². The van der Waals surface area contributed by atoms with Crippen molar-refractivity contribution < 1.29 is 23.9 Å². The van der Waals surface area contributed by atoms with Crippen molar-refractivity contribution in [3.63, 3.8) is 0 Å². The van der Waals surface area contributed by atoms with Gasteiger partial charge in [-0.15, -0.1) is 0 Å². The number of ether oxygens (including phenoxy) is 1. The Labute approximate surface area is 209 Å². The molecule has 0 radical (unpaired) electrons. The van der Waals surface area contributed by atoms with Crippen LogP contribution in [-0.2, 0) is 14.3 Å². The molecular weight excluding hydrogens is 456 g/mol. The number of nitrogens with zero attached hydrogens (tertiary/aromatic N) is 1. The van der Waals surface area contributed by atoms with Gasteiger partial charge in [0.2, 0.25) is 11.8 Å². The van der Waals surface area contributed by atoms with Crippen molar-refractivity contribution in [3.05, 3.63) is 71.8 Å². The second-order valence-electron chi connectivity index (χ2n) is 10.7. The lowest BCUT2D eigenvalue weighted by atomic mass is 9.63. The summed E-state index contributed by atoms with van der Waals surface area (Å²) < 4.78 is 5.23. The number of anilines is 2. The Morgan fingerprint density at radius 2 is 1.58 bits per heavy atom. The van der Waals surface area contributed by atoms with E-state index in [1.54, 1.807) is 48.5 Å². The molecule has 184 valence electrons. The molecule has 3 amide bonds.